The van der Waals surface area contributed by atoms with Gasteiger partial charge in [0.25, 0.3) is 5.91 Å². The molecule has 11 heteroatoms. The van der Waals surface area contributed by atoms with E-state index in [1.54, 1.807) is 23.7 Å². The number of piperazine rings is 1. The van der Waals surface area contributed by atoms with Gasteiger partial charge in [-0.05, 0) is 46.4 Å². The molecule has 0 saturated carbocycles. The SMILES string of the molecule is Cc1ccc(O)c(C)c1NC(=O)c1cnc(Nc2cc(C)n(C(C)C(=O)N3CCN(C)CC3)n2)s1. The predicted molar refractivity (Wildman–Crippen MR) is 137 cm³/mol. The first-order valence-electron chi connectivity index (χ1n) is 11.5. The van der Waals surface area contributed by atoms with Crippen molar-refractivity contribution in [1.82, 2.24) is 24.6 Å². The van der Waals surface area contributed by atoms with Gasteiger partial charge in [-0.2, -0.15) is 5.10 Å². The van der Waals surface area contributed by atoms with E-state index in [1.807, 2.05) is 31.7 Å². The third kappa shape index (κ3) is 5.30. The van der Waals surface area contributed by atoms with Gasteiger partial charge in [-0.15, -0.1) is 0 Å². The minimum Gasteiger partial charge on any atom is -0.508 e. The van der Waals surface area contributed by atoms with Gasteiger partial charge in [-0.3, -0.25) is 14.3 Å². The number of benzene rings is 1. The number of aromatic hydroxyl groups is 1. The fourth-order valence-corrected chi connectivity index (χ4v) is 4.81. The number of hydrogen-bond donors (Lipinski definition) is 3. The molecule has 3 aromatic rings. The van der Waals surface area contributed by atoms with Gasteiger partial charge in [0.1, 0.15) is 16.7 Å². The van der Waals surface area contributed by atoms with E-state index in [-0.39, 0.29) is 17.6 Å². The number of aromatic nitrogens is 3. The molecule has 2 aromatic heterocycles. The van der Waals surface area contributed by atoms with E-state index >= 15 is 0 Å². The van der Waals surface area contributed by atoms with E-state index in [0.29, 0.717) is 27.1 Å². The number of amides is 2. The van der Waals surface area contributed by atoms with Crippen molar-refractivity contribution >= 4 is 39.8 Å². The number of phenols is 1. The zero-order valence-corrected chi connectivity index (χ0v) is 21.4. The van der Waals surface area contributed by atoms with Gasteiger partial charge in [-0.1, -0.05) is 17.4 Å². The summed E-state index contributed by atoms with van der Waals surface area (Å²) < 4.78 is 1.72. The fraction of sp³-hybridized carbons (Fsp3) is 0.417. The molecule has 35 heavy (non-hydrogen) atoms. The van der Waals surface area contributed by atoms with Crippen LogP contribution in [0.2, 0.25) is 0 Å². The van der Waals surface area contributed by atoms with Crippen molar-refractivity contribution in [2.75, 3.05) is 43.9 Å². The molecular weight excluding hydrogens is 466 g/mol. The Morgan fingerprint density at radius 3 is 2.57 bits per heavy atom. The summed E-state index contributed by atoms with van der Waals surface area (Å²) in [4.78, 5) is 34.6. The minimum atomic E-state index is -0.416. The summed E-state index contributed by atoms with van der Waals surface area (Å²) in [5.74, 6) is 0.437. The van der Waals surface area contributed by atoms with Gasteiger partial charge in [0.2, 0.25) is 5.91 Å². The second kappa shape index (κ2) is 10.0. The smallest absolute Gasteiger partial charge is 0.267 e. The number of nitrogens with zero attached hydrogens (tertiary/aromatic N) is 5. The average molecular weight is 498 g/mol. The Kier molecular flexibility index (Phi) is 7.08. The number of rotatable bonds is 6. The predicted octanol–water partition coefficient (Wildman–Crippen LogP) is 3.30. The van der Waals surface area contributed by atoms with Crippen LogP contribution in [-0.4, -0.2) is 74.7 Å². The first kappa shape index (κ1) is 24.7. The van der Waals surface area contributed by atoms with Crippen molar-refractivity contribution in [3.05, 3.63) is 46.1 Å². The van der Waals surface area contributed by atoms with Gasteiger partial charge >= 0.3 is 0 Å². The molecular formula is C24H31N7O3S. The van der Waals surface area contributed by atoms with E-state index in [2.05, 4.69) is 32.7 Å². The number of thiazole rings is 1. The van der Waals surface area contributed by atoms with Crippen molar-refractivity contribution < 1.29 is 14.7 Å². The average Bonchev–Trinajstić information content (AvgIpc) is 3.45. The lowest BCUT2D eigenvalue weighted by Crippen LogP contribution is -2.49. The number of carbonyl (C=O) groups excluding carboxylic acids is 2. The molecule has 1 fully saturated rings. The van der Waals surface area contributed by atoms with Crippen LogP contribution < -0.4 is 10.6 Å². The minimum absolute atomic E-state index is 0.0570. The van der Waals surface area contributed by atoms with E-state index < -0.39 is 6.04 Å². The number of anilines is 3. The number of likely N-dealkylation sites (N-methyl/N-ethyl adjacent to an activating group) is 1. The molecule has 0 radical (unpaired) electrons. The number of carbonyl (C=O) groups is 2. The molecule has 186 valence electrons. The second-order valence-electron chi connectivity index (χ2n) is 8.93. The van der Waals surface area contributed by atoms with Gasteiger partial charge in [0.05, 0.1) is 11.9 Å². The Morgan fingerprint density at radius 2 is 1.86 bits per heavy atom. The zero-order valence-electron chi connectivity index (χ0n) is 20.6. The highest BCUT2D eigenvalue weighted by molar-refractivity contribution is 7.17. The number of hydrogen-bond acceptors (Lipinski definition) is 8. The molecule has 1 unspecified atom stereocenters. The van der Waals surface area contributed by atoms with Gasteiger partial charge in [0, 0.05) is 43.5 Å². The molecule has 0 aliphatic carbocycles. The first-order chi connectivity index (χ1) is 16.6. The third-order valence-electron chi connectivity index (χ3n) is 6.31. The third-order valence-corrected chi connectivity index (χ3v) is 7.22. The Bertz CT molecular complexity index is 1240. The van der Waals surface area contributed by atoms with E-state index in [4.69, 9.17) is 0 Å². The summed E-state index contributed by atoms with van der Waals surface area (Å²) in [6.45, 7) is 10.6. The lowest BCUT2D eigenvalue weighted by atomic mass is 10.1. The summed E-state index contributed by atoms with van der Waals surface area (Å²) in [5, 5.41) is 21.1. The number of phenolic OH excluding ortho intramolecular Hbond substituents is 1. The molecule has 3 heterocycles. The summed E-state index contributed by atoms with van der Waals surface area (Å²) in [5.41, 5.74) is 2.92. The van der Waals surface area contributed by atoms with Crippen LogP contribution in [0.5, 0.6) is 5.75 Å². The van der Waals surface area contributed by atoms with Crippen molar-refractivity contribution in [3.63, 3.8) is 0 Å². The maximum absolute atomic E-state index is 13.0. The molecule has 1 aliphatic heterocycles. The fourth-order valence-electron chi connectivity index (χ4n) is 4.09. The van der Waals surface area contributed by atoms with Crippen LogP contribution in [0.15, 0.2) is 24.4 Å². The van der Waals surface area contributed by atoms with Gasteiger partial charge in [-0.25, -0.2) is 4.98 Å². The van der Waals surface area contributed by atoms with E-state index in [9.17, 15) is 14.7 Å². The van der Waals surface area contributed by atoms with Crippen LogP contribution in [0.4, 0.5) is 16.6 Å². The van der Waals surface area contributed by atoms with Gasteiger partial charge < -0.3 is 25.5 Å². The lowest BCUT2D eigenvalue weighted by Gasteiger charge is -2.34. The van der Waals surface area contributed by atoms with Crippen molar-refractivity contribution in [1.29, 1.82) is 0 Å². The van der Waals surface area contributed by atoms with Crippen molar-refractivity contribution in [2.24, 2.45) is 0 Å². The summed E-state index contributed by atoms with van der Waals surface area (Å²) in [6, 6.07) is 4.80. The number of nitrogens with one attached hydrogen (secondary N) is 2. The first-order valence-corrected chi connectivity index (χ1v) is 12.3. The number of aryl methyl sites for hydroxylation is 2. The molecule has 3 N–H and O–H groups in total. The van der Waals surface area contributed by atoms with Crippen molar-refractivity contribution in [2.45, 2.75) is 33.7 Å². The highest BCUT2D eigenvalue weighted by Crippen LogP contribution is 2.30. The summed E-state index contributed by atoms with van der Waals surface area (Å²) in [7, 11) is 2.06. The quantitative estimate of drug-likeness (QED) is 0.479. The van der Waals surface area contributed by atoms with Crippen LogP contribution in [0.25, 0.3) is 0 Å². The van der Waals surface area contributed by atoms with Crippen LogP contribution in [0, 0.1) is 20.8 Å². The monoisotopic (exact) mass is 497 g/mol. The molecule has 2 amide bonds. The summed E-state index contributed by atoms with van der Waals surface area (Å²) >= 11 is 1.20. The van der Waals surface area contributed by atoms with Crippen LogP contribution in [0.1, 0.15) is 39.5 Å². The van der Waals surface area contributed by atoms with Crippen LogP contribution >= 0.6 is 11.3 Å². The molecule has 10 nitrogen and oxygen atoms in total. The van der Waals surface area contributed by atoms with Crippen LogP contribution in [0.3, 0.4) is 0 Å². The highest BCUT2D eigenvalue weighted by Gasteiger charge is 2.26. The largest absolute Gasteiger partial charge is 0.508 e. The molecule has 1 aliphatic rings. The molecule has 1 saturated heterocycles. The van der Waals surface area contributed by atoms with Crippen LogP contribution in [-0.2, 0) is 4.79 Å². The van der Waals surface area contributed by atoms with E-state index in [1.165, 1.54) is 17.5 Å². The molecule has 1 aromatic carbocycles. The topological polar surface area (TPSA) is 116 Å². The Morgan fingerprint density at radius 1 is 1.14 bits per heavy atom. The molecule has 4 rings (SSSR count). The molecule has 1 atom stereocenters. The Hall–Kier alpha value is -3.44. The maximum Gasteiger partial charge on any atom is 0.267 e. The standard InChI is InChI=1S/C24H31N7O3S/c1-14-6-7-18(32)16(3)21(14)27-22(33)19-13-25-24(35-19)26-20-12-15(2)31(28-20)17(4)23(34)30-10-8-29(5)9-11-30/h6-7,12-13,17,32H,8-11H2,1-5H3,(H,27,33)(H,25,26,28). The Labute approximate surface area is 208 Å². The van der Waals surface area contributed by atoms with E-state index in [0.717, 1.165) is 37.4 Å². The molecule has 0 spiro atoms. The zero-order chi connectivity index (χ0) is 25.3. The summed E-state index contributed by atoms with van der Waals surface area (Å²) in [6.07, 6.45) is 1.50. The lowest BCUT2D eigenvalue weighted by molar-refractivity contribution is -0.136. The normalized spacial score (nSPS) is 15.2. The Balaban J connectivity index is 1.43. The second-order valence-corrected chi connectivity index (χ2v) is 9.96. The maximum atomic E-state index is 13.0. The molecule has 0 bridgehead atoms. The highest BCUT2D eigenvalue weighted by atomic mass is 32.1. The van der Waals surface area contributed by atoms with Crippen molar-refractivity contribution in [3.8, 4) is 5.75 Å². The van der Waals surface area contributed by atoms with Gasteiger partial charge in [0.15, 0.2) is 10.9 Å².